The lowest BCUT2D eigenvalue weighted by molar-refractivity contribution is 0.0180. The van der Waals surface area contributed by atoms with Gasteiger partial charge in [0.05, 0.1) is 33.0 Å². The van der Waals surface area contributed by atoms with Crippen LogP contribution in [-0.4, -0.2) is 46.8 Å². The van der Waals surface area contributed by atoms with Crippen LogP contribution < -0.4 is 9.64 Å². The minimum atomic E-state index is 0.499. The molecule has 0 saturated carbocycles. The van der Waals surface area contributed by atoms with Crippen LogP contribution in [0.1, 0.15) is 0 Å². The molecule has 0 bridgehead atoms. The first-order chi connectivity index (χ1) is 14.9. The fraction of sp³-hybridized carbons (Fsp3) is 0.280. The zero-order chi connectivity index (χ0) is 20.9. The first-order valence-electron chi connectivity index (χ1n) is 10.2. The number of methoxy groups -OCH3 is 1. The number of nitrogens with zero attached hydrogens (tertiary/aromatic N) is 1. The molecular formula is C25H29NO4. The van der Waals surface area contributed by atoms with Gasteiger partial charge in [-0.1, -0.05) is 36.4 Å². The van der Waals surface area contributed by atoms with Gasteiger partial charge in [0.1, 0.15) is 12.4 Å². The molecule has 0 heterocycles. The largest absolute Gasteiger partial charge is 0.491 e. The Kier molecular flexibility index (Phi) is 9.21. The van der Waals surface area contributed by atoms with Crippen molar-refractivity contribution in [3.05, 3.63) is 84.9 Å². The summed E-state index contributed by atoms with van der Waals surface area (Å²) in [6.07, 6.45) is 0. The lowest BCUT2D eigenvalue weighted by Gasteiger charge is -2.25. The average Bonchev–Trinajstić information content (AvgIpc) is 2.81. The van der Waals surface area contributed by atoms with E-state index in [9.17, 15) is 0 Å². The van der Waals surface area contributed by atoms with E-state index in [2.05, 4.69) is 41.3 Å². The molecule has 0 amide bonds. The fourth-order valence-corrected chi connectivity index (χ4v) is 2.98. The Morgan fingerprint density at radius 2 is 1.00 bits per heavy atom. The molecule has 0 unspecified atom stereocenters. The van der Waals surface area contributed by atoms with Crippen molar-refractivity contribution in [1.82, 2.24) is 0 Å². The van der Waals surface area contributed by atoms with Crippen molar-refractivity contribution in [1.29, 1.82) is 0 Å². The highest BCUT2D eigenvalue weighted by molar-refractivity contribution is 5.76. The summed E-state index contributed by atoms with van der Waals surface area (Å²) in [5.41, 5.74) is 3.29. The van der Waals surface area contributed by atoms with E-state index >= 15 is 0 Å². The van der Waals surface area contributed by atoms with E-state index in [4.69, 9.17) is 18.9 Å². The second-order valence-corrected chi connectivity index (χ2v) is 6.57. The van der Waals surface area contributed by atoms with E-state index in [1.54, 1.807) is 7.11 Å². The summed E-state index contributed by atoms with van der Waals surface area (Å²) in [6.45, 7) is 3.33. The average molecular weight is 408 g/mol. The van der Waals surface area contributed by atoms with E-state index in [0.717, 1.165) is 22.8 Å². The standard InChI is InChI=1S/C25H29NO4/c1-27-16-17-28-18-19-29-20-21-30-25-14-12-24(13-15-25)26(22-8-4-2-5-9-22)23-10-6-3-7-11-23/h2-15H,16-21H2,1H3. The molecule has 0 atom stereocenters. The molecule has 0 N–H and O–H groups in total. The fourth-order valence-electron chi connectivity index (χ4n) is 2.98. The minimum absolute atomic E-state index is 0.499. The minimum Gasteiger partial charge on any atom is -0.491 e. The van der Waals surface area contributed by atoms with Crippen LogP contribution in [-0.2, 0) is 14.2 Å². The molecule has 30 heavy (non-hydrogen) atoms. The Hall–Kier alpha value is -2.86. The van der Waals surface area contributed by atoms with Crippen molar-refractivity contribution < 1.29 is 18.9 Å². The van der Waals surface area contributed by atoms with Gasteiger partial charge < -0.3 is 23.8 Å². The zero-order valence-electron chi connectivity index (χ0n) is 17.4. The molecule has 5 heteroatoms. The van der Waals surface area contributed by atoms with E-state index in [1.165, 1.54) is 0 Å². The number of anilines is 3. The van der Waals surface area contributed by atoms with Crippen molar-refractivity contribution in [2.75, 3.05) is 51.7 Å². The number of benzene rings is 3. The molecule has 0 aliphatic heterocycles. The van der Waals surface area contributed by atoms with Crippen LogP contribution >= 0.6 is 0 Å². The van der Waals surface area contributed by atoms with Crippen molar-refractivity contribution >= 4 is 17.1 Å². The van der Waals surface area contributed by atoms with Crippen LogP contribution in [0.3, 0.4) is 0 Å². The molecule has 0 aliphatic rings. The van der Waals surface area contributed by atoms with Gasteiger partial charge in [0.25, 0.3) is 0 Å². The Balaban J connectivity index is 1.52. The molecule has 0 saturated heterocycles. The van der Waals surface area contributed by atoms with E-state index in [1.807, 2.05) is 48.5 Å². The Bertz CT molecular complexity index is 785. The monoisotopic (exact) mass is 407 g/mol. The molecule has 0 spiro atoms. The van der Waals surface area contributed by atoms with Gasteiger partial charge in [0.15, 0.2) is 0 Å². The normalized spacial score (nSPS) is 10.7. The van der Waals surface area contributed by atoms with Gasteiger partial charge in [0, 0.05) is 24.2 Å². The third kappa shape index (κ3) is 6.88. The quantitative estimate of drug-likeness (QED) is 0.364. The van der Waals surface area contributed by atoms with Gasteiger partial charge in [-0.2, -0.15) is 0 Å². The third-order valence-electron chi connectivity index (χ3n) is 4.42. The Morgan fingerprint density at radius 3 is 1.53 bits per heavy atom. The maximum absolute atomic E-state index is 5.79. The van der Waals surface area contributed by atoms with Gasteiger partial charge in [-0.3, -0.25) is 0 Å². The van der Waals surface area contributed by atoms with Gasteiger partial charge in [0.2, 0.25) is 0 Å². The SMILES string of the molecule is COCCOCCOCCOc1ccc(N(c2ccccc2)c2ccccc2)cc1. The second kappa shape index (κ2) is 12.6. The third-order valence-corrected chi connectivity index (χ3v) is 4.42. The second-order valence-electron chi connectivity index (χ2n) is 6.57. The summed E-state index contributed by atoms with van der Waals surface area (Å²) in [4.78, 5) is 2.22. The highest BCUT2D eigenvalue weighted by Crippen LogP contribution is 2.34. The molecule has 3 rings (SSSR count). The maximum atomic E-state index is 5.79. The van der Waals surface area contributed by atoms with Crippen molar-refractivity contribution in [2.24, 2.45) is 0 Å². The number of hydrogen-bond donors (Lipinski definition) is 0. The van der Waals surface area contributed by atoms with Crippen LogP contribution in [0.4, 0.5) is 17.1 Å². The molecule has 158 valence electrons. The molecule has 3 aromatic carbocycles. The summed E-state index contributed by atoms with van der Waals surface area (Å²) in [5, 5.41) is 0. The molecule has 0 radical (unpaired) electrons. The van der Waals surface area contributed by atoms with Crippen LogP contribution in [0.25, 0.3) is 0 Å². The lowest BCUT2D eigenvalue weighted by atomic mass is 10.2. The molecule has 0 aromatic heterocycles. The number of hydrogen-bond acceptors (Lipinski definition) is 5. The Labute approximate surface area is 178 Å². The summed E-state index contributed by atoms with van der Waals surface area (Å²) in [5.74, 6) is 0.819. The van der Waals surface area contributed by atoms with Gasteiger partial charge in [-0.25, -0.2) is 0 Å². The van der Waals surface area contributed by atoms with Crippen LogP contribution in [0.5, 0.6) is 5.75 Å². The maximum Gasteiger partial charge on any atom is 0.119 e. The molecule has 3 aromatic rings. The number of ether oxygens (including phenoxy) is 4. The summed E-state index contributed by atoms with van der Waals surface area (Å²) < 4.78 is 21.6. The topological polar surface area (TPSA) is 40.2 Å². The summed E-state index contributed by atoms with van der Waals surface area (Å²) in [7, 11) is 1.66. The highest BCUT2D eigenvalue weighted by Gasteiger charge is 2.11. The van der Waals surface area contributed by atoms with Crippen molar-refractivity contribution in [2.45, 2.75) is 0 Å². The molecule has 0 aliphatic carbocycles. The first kappa shape index (κ1) is 21.8. The van der Waals surface area contributed by atoms with Crippen LogP contribution in [0, 0.1) is 0 Å². The van der Waals surface area contributed by atoms with Gasteiger partial charge >= 0.3 is 0 Å². The number of rotatable bonds is 13. The summed E-state index contributed by atoms with van der Waals surface area (Å²) >= 11 is 0. The lowest BCUT2D eigenvalue weighted by Crippen LogP contribution is -2.12. The van der Waals surface area contributed by atoms with Crippen molar-refractivity contribution in [3.8, 4) is 5.75 Å². The van der Waals surface area contributed by atoms with E-state index < -0.39 is 0 Å². The summed E-state index contributed by atoms with van der Waals surface area (Å²) in [6, 6.07) is 28.8. The predicted molar refractivity (Wildman–Crippen MR) is 120 cm³/mol. The van der Waals surface area contributed by atoms with E-state index in [-0.39, 0.29) is 0 Å². The first-order valence-corrected chi connectivity index (χ1v) is 10.2. The van der Waals surface area contributed by atoms with E-state index in [0.29, 0.717) is 39.6 Å². The molecule has 0 fully saturated rings. The predicted octanol–water partition coefficient (Wildman–Crippen LogP) is 5.21. The van der Waals surface area contributed by atoms with Crippen LogP contribution in [0.15, 0.2) is 84.9 Å². The zero-order valence-corrected chi connectivity index (χ0v) is 17.4. The molecule has 5 nitrogen and oxygen atoms in total. The van der Waals surface area contributed by atoms with Crippen molar-refractivity contribution in [3.63, 3.8) is 0 Å². The van der Waals surface area contributed by atoms with Gasteiger partial charge in [-0.05, 0) is 48.5 Å². The number of para-hydroxylation sites is 2. The smallest absolute Gasteiger partial charge is 0.119 e. The Morgan fingerprint density at radius 1 is 0.533 bits per heavy atom. The van der Waals surface area contributed by atoms with Crippen LogP contribution in [0.2, 0.25) is 0 Å². The molecular weight excluding hydrogens is 378 g/mol. The highest BCUT2D eigenvalue weighted by atomic mass is 16.6. The van der Waals surface area contributed by atoms with Gasteiger partial charge in [-0.15, -0.1) is 0 Å².